The van der Waals surface area contributed by atoms with Gasteiger partial charge in [-0.15, -0.1) is 11.8 Å². The molecule has 0 unspecified atom stereocenters. The Morgan fingerprint density at radius 1 is 0.868 bits per heavy atom. The van der Waals surface area contributed by atoms with Crippen LogP contribution in [0.15, 0.2) is 139 Å². The van der Waals surface area contributed by atoms with Crippen molar-refractivity contribution in [1.29, 1.82) is 0 Å². The largest absolute Gasteiger partial charge is 0.491 e. The summed E-state index contributed by atoms with van der Waals surface area (Å²) in [6.07, 6.45) is 1.39. The SMILES string of the molecule is COCCOc1cc(N(C)S(=O)(=O)c2ccccn2)c2[nH]c(C(=O)N[C@H](CSC(c3ccccc3)(c3ccccc3)c3ccccc3)C(=O)O)cc2c1. The molecule has 3 N–H and O–H groups in total. The van der Waals surface area contributed by atoms with Gasteiger partial charge in [-0.05, 0) is 41.0 Å². The van der Waals surface area contributed by atoms with Crippen LogP contribution in [0.5, 0.6) is 5.75 Å². The number of H-pyrrole nitrogens is 1. The Hall–Kier alpha value is -5.63. The first-order chi connectivity index (χ1) is 25.6. The maximum Gasteiger partial charge on any atom is 0.327 e. The van der Waals surface area contributed by atoms with Crippen molar-refractivity contribution in [2.45, 2.75) is 15.8 Å². The van der Waals surface area contributed by atoms with E-state index in [0.29, 0.717) is 23.3 Å². The molecule has 11 nitrogen and oxygen atoms in total. The van der Waals surface area contributed by atoms with Gasteiger partial charge in [-0.2, -0.15) is 8.42 Å². The van der Waals surface area contributed by atoms with Gasteiger partial charge < -0.3 is 24.9 Å². The topological polar surface area (TPSA) is 151 Å². The van der Waals surface area contributed by atoms with Crippen LogP contribution in [0.1, 0.15) is 27.2 Å². The lowest BCUT2D eigenvalue weighted by Crippen LogP contribution is -2.44. The fraction of sp³-hybridized carbons (Fsp3) is 0.175. The number of aliphatic carboxylic acids is 1. The molecule has 0 saturated heterocycles. The number of pyridine rings is 1. The molecule has 272 valence electrons. The van der Waals surface area contributed by atoms with Gasteiger partial charge in [0.2, 0.25) is 0 Å². The second-order valence-electron chi connectivity index (χ2n) is 12.0. The molecular formula is C40H38N4O7S2. The third kappa shape index (κ3) is 7.92. The summed E-state index contributed by atoms with van der Waals surface area (Å²) in [4.78, 5) is 33.7. The number of carboxylic acid groups (broad SMARTS) is 1. The first-order valence-electron chi connectivity index (χ1n) is 16.7. The number of hydrogen-bond donors (Lipinski definition) is 3. The summed E-state index contributed by atoms with van der Waals surface area (Å²) < 4.78 is 38.4. The summed E-state index contributed by atoms with van der Waals surface area (Å²) in [6, 6.07) is 37.6. The van der Waals surface area contributed by atoms with Crippen LogP contribution >= 0.6 is 11.8 Å². The van der Waals surface area contributed by atoms with Gasteiger partial charge in [-0.25, -0.2) is 9.78 Å². The maximum atomic E-state index is 13.9. The molecular weight excluding hydrogens is 713 g/mol. The molecule has 0 radical (unpaired) electrons. The Bertz CT molecular complexity index is 2180. The van der Waals surface area contributed by atoms with Crippen LogP contribution in [0.2, 0.25) is 0 Å². The molecule has 0 fully saturated rings. The van der Waals surface area contributed by atoms with E-state index in [9.17, 15) is 23.1 Å². The highest BCUT2D eigenvalue weighted by atomic mass is 32.2. The van der Waals surface area contributed by atoms with Crippen LogP contribution in [0, 0.1) is 0 Å². The second-order valence-corrected chi connectivity index (χ2v) is 15.2. The lowest BCUT2D eigenvalue weighted by molar-refractivity contribution is -0.138. The first-order valence-corrected chi connectivity index (χ1v) is 19.1. The molecule has 2 heterocycles. The number of sulfonamides is 1. The number of carboxylic acids is 1. The highest BCUT2D eigenvalue weighted by Gasteiger charge is 2.39. The summed E-state index contributed by atoms with van der Waals surface area (Å²) in [5, 5.41) is 13.4. The van der Waals surface area contributed by atoms with Gasteiger partial charge in [0, 0.05) is 37.6 Å². The summed E-state index contributed by atoms with van der Waals surface area (Å²) in [7, 11) is -1.19. The molecule has 1 atom stereocenters. The van der Waals surface area contributed by atoms with Crippen LogP contribution in [-0.2, 0) is 24.3 Å². The predicted molar refractivity (Wildman–Crippen MR) is 206 cm³/mol. The summed E-state index contributed by atoms with van der Waals surface area (Å²) in [5.74, 6) is -1.53. The zero-order valence-electron chi connectivity index (χ0n) is 29.0. The highest BCUT2D eigenvalue weighted by molar-refractivity contribution is 8.00. The molecule has 0 aliphatic heterocycles. The van der Waals surface area contributed by atoms with E-state index in [4.69, 9.17) is 9.47 Å². The Morgan fingerprint density at radius 2 is 1.45 bits per heavy atom. The van der Waals surface area contributed by atoms with Crippen molar-refractivity contribution >= 4 is 50.3 Å². The number of carbonyl (C=O) groups excluding carboxylic acids is 1. The lowest BCUT2D eigenvalue weighted by Gasteiger charge is -2.36. The summed E-state index contributed by atoms with van der Waals surface area (Å²) in [5.41, 5.74) is 3.42. The van der Waals surface area contributed by atoms with Crippen molar-refractivity contribution in [3.05, 3.63) is 156 Å². The van der Waals surface area contributed by atoms with E-state index in [2.05, 4.69) is 15.3 Å². The van der Waals surface area contributed by atoms with Crippen LogP contribution in [0.25, 0.3) is 10.9 Å². The van der Waals surface area contributed by atoms with E-state index in [1.165, 1.54) is 44.2 Å². The van der Waals surface area contributed by atoms with E-state index in [1.54, 1.807) is 24.3 Å². The fourth-order valence-electron chi connectivity index (χ4n) is 6.05. The third-order valence-corrected chi connectivity index (χ3v) is 12.0. The predicted octanol–water partition coefficient (Wildman–Crippen LogP) is 6.32. The number of methoxy groups -OCH3 is 1. The highest BCUT2D eigenvalue weighted by Crippen LogP contribution is 2.48. The van der Waals surface area contributed by atoms with Gasteiger partial charge in [0.15, 0.2) is 5.03 Å². The van der Waals surface area contributed by atoms with Gasteiger partial charge >= 0.3 is 5.97 Å². The van der Waals surface area contributed by atoms with E-state index < -0.39 is 32.7 Å². The summed E-state index contributed by atoms with van der Waals surface area (Å²) >= 11 is 1.41. The van der Waals surface area contributed by atoms with Gasteiger partial charge in [-0.1, -0.05) is 97.1 Å². The number of carbonyl (C=O) groups is 2. The van der Waals surface area contributed by atoms with E-state index >= 15 is 0 Å². The van der Waals surface area contributed by atoms with E-state index in [0.717, 1.165) is 21.0 Å². The van der Waals surface area contributed by atoms with Gasteiger partial charge in [0.05, 0.1) is 22.6 Å². The standard InChI is InChI=1S/C40H38N4O7S2/c1-44(53(48,49)36-20-12-13-21-41-36)35-26-32(51-23-22-50-2)24-28-25-33(42-37(28)35)38(45)43-34(39(46)47)27-52-40(29-14-6-3-7-15-29,30-16-8-4-9-17-30)31-18-10-5-11-19-31/h3-21,24-26,34,42H,22-23,27H2,1-2H3,(H,43,45)(H,46,47)/t34-/m1/s1. The summed E-state index contributed by atoms with van der Waals surface area (Å²) in [6.45, 7) is 0.495. The van der Waals surface area contributed by atoms with Gasteiger partial charge in [0.1, 0.15) is 24.1 Å². The van der Waals surface area contributed by atoms with Crippen LogP contribution in [-0.4, -0.2) is 74.5 Å². The smallest absolute Gasteiger partial charge is 0.327 e. The van der Waals surface area contributed by atoms with Crippen molar-refractivity contribution in [2.24, 2.45) is 0 Å². The van der Waals surface area contributed by atoms with Crippen LogP contribution < -0.4 is 14.4 Å². The minimum absolute atomic E-state index is 0.00772. The van der Waals surface area contributed by atoms with Crippen LogP contribution in [0.3, 0.4) is 0 Å². The first kappa shape index (κ1) is 37.1. The number of anilines is 1. The number of aromatic amines is 1. The van der Waals surface area contributed by atoms with Gasteiger partial charge in [-0.3, -0.25) is 9.10 Å². The number of aromatic nitrogens is 2. The molecule has 1 amide bonds. The lowest BCUT2D eigenvalue weighted by atomic mass is 9.84. The van der Waals surface area contributed by atoms with Crippen molar-refractivity contribution in [2.75, 3.05) is 37.4 Å². The van der Waals surface area contributed by atoms with Crippen LogP contribution in [0.4, 0.5) is 5.69 Å². The number of amides is 1. The normalized spacial score (nSPS) is 12.3. The maximum absolute atomic E-state index is 13.9. The third-order valence-electron chi connectivity index (χ3n) is 8.69. The minimum Gasteiger partial charge on any atom is -0.491 e. The Morgan fingerprint density at radius 3 is 1.98 bits per heavy atom. The van der Waals surface area contributed by atoms with Crippen molar-refractivity contribution in [3.8, 4) is 5.75 Å². The molecule has 6 aromatic rings. The molecule has 0 saturated carbocycles. The average Bonchev–Trinajstić information content (AvgIpc) is 3.63. The molecule has 6 rings (SSSR count). The molecule has 2 aromatic heterocycles. The quantitative estimate of drug-likeness (QED) is 0.0763. The minimum atomic E-state index is -4.12. The number of hydrogen-bond acceptors (Lipinski definition) is 8. The molecule has 0 aliphatic carbocycles. The molecule has 53 heavy (non-hydrogen) atoms. The van der Waals surface area contributed by atoms with E-state index in [1.807, 2.05) is 91.0 Å². The zero-order valence-corrected chi connectivity index (χ0v) is 30.6. The number of nitrogens with one attached hydrogen (secondary N) is 2. The molecule has 4 aromatic carbocycles. The second kappa shape index (κ2) is 16.4. The van der Waals surface area contributed by atoms with Gasteiger partial charge in [0.25, 0.3) is 15.9 Å². The molecule has 0 bridgehead atoms. The number of benzene rings is 4. The van der Waals surface area contributed by atoms with Crippen molar-refractivity contribution in [1.82, 2.24) is 15.3 Å². The zero-order chi connectivity index (χ0) is 37.4. The van der Waals surface area contributed by atoms with Crippen molar-refractivity contribution < 1.29 is 32.6 Å². The number of nitrogens with zero attached hydrogens (tertiary/aromatic N) is 2. The monoisotopic (exact) mass is 750 g/mol. The molecule has 0 spiro atoms. The Balaban J connectivity index is 1.34. The number of thioether (sulfide) groups is 1. The molecule has 13 heteroatoms. The van der Waals surface area contributed by atoms with E-state index in [-0.39, 0.29) is 28.8 Å². The number of rotatable bonds is 16. The Labute approximate surface area is 312 Å². The Kier molecular flexibility index (Phi) is 11.5. The average molecular weight is 751 g/mol. The number of fused-ring (bicyclic) bond motifs is 1. The molecule has 0 aliphatic rings. The number of ether oxygens (including phenoxy) is 2. The fourth-order valence-corrected chi connectivity index (χ4v) is 8.73. The van der Waals surface area contributed by atoms with Crippen molar-refractivity contribution in [3.63, 3.8) is 0 Å².